The maximum absolute atomic E-state index is 11.5. The van der Waals surface area contributed by atoms with Crippen LogP contribution in [-0.2, 0) is 9.47 Å². The first-order chi connectivity index (χ1) is 16.0. The smallest absolute Gasteiger partial charge is 0.438 e. The maximum atomic E-state index is 11.5. The summed E-state index contributed by atoms with van der Waals surface area (Å²) in [6.07, 6.45) is 12.5. The van der Waals surface area contributed by atoms with Crippen molar-refractivity contribution < 1.29 is 29.6 Å². The number of ether oxygens (including phenoxy) is 2. The van der Waals surface area contributed by atoms with E-state index in [1.54, 1.807) is 19.9 Å². The Morgan fingerprint density at radius 2 is 1.88 bits per heavy atom. The van der Waals surface area contributed by atoms with E-state index in [0.717, 1.165) is 43.3 Å². The standard InChI is InChI=1S/C28H42O6/c1-18(8-13-25(31)27(2,3)34-26(32)33-5)23-11-12-24-20(7-6-14-28(23,24)4)10-9-19-15-21(29)17-22(30)16-19/h8-10,13,21-25,29-31H,1,6-7,11-12,14-17H2,2-5H3/b13-8+,20-10+/t21-,22-,23-,24+,25-,28-/m1/s1. The van der Waals surface area contributed by atoms with Crippen LogP contribution in [-0.4, -0.2) is 52.5 Å². The maximum Gasteiger partial charge on any atom is 0.508 e. The second-order valence-electron chi connectivity index (χ2n) is 11.1. The molecule has 0 spiro atoms. The quantitative estimate of drug-likeness (QED) is 0.370. The molecule has 0 aromatic carbocycles. The Hall–Kier alpha value is -1.89. The molecular weight excluding hydrogens is 432 g/mol. The van der Waals surface area contributed by atoms with E-state index < -0.39 is 30.1 Å². The van der Waals surface area contributed by atoms with Crippen molar-refractivity contribution in [3.05, 3.63) is 47.6 Å². The number of fused-ring (bicyclic) bond motifs is 1. The lowest BCUT2D eigenvalue weighted by molar-refractivity contribution is -0.0615. The topological polar surface area (TPSA) is 96.2 Å². The third-order valence-corrected chi connectivity index (χ3v) is 8.20. The third-order valence-electron chi connectivity index (χ3n) is 8.20. The van der Waals surface area contributed by atoms with E-state index in [4.69, 9.17) is 4.74 Å². The molecule has 3 rings (SSSR count). The molecule has 3 N–H and O–H groups in total. The van der Waals surface area contributed by atoms with Crippen LogP contribution in [0.2, 0.25) is 0 Å². The van der Waals surface area contributed by atoms with E-state index in [2.05, 4.69) is 30.4 Å². The highest BCUT2D eigenvalue weighted by Crippen LogP contribution is 2.59. The number of carbonyl (C=O) groups excluding carboxylic acids is 1. The molecule has 6 heteroatoms. The van der Waals surface area contributed by atoms with Crippen LogP contribution in [0.15, 0.2) is 47.6 Å². The minimum atomic E-state index is -1.11. The van der Waals surface area contributed by atoms with Crippen molar-refractivity contribution >= 4 is 6.16 Å². The molecule has 0 radical (unpaired) electrons. The van der Waals surface area contributed by atoms with Gasteiger partial charge in [0.25, 0.3) is 0 Å². The zero-order valence-electron chi connectivity index (χ0n) is 21.1. The fourth-order valence-corrected chi connectivity index (χ4v) is 6.26. The van der Waals surface area contributed by atoms with Gasteiger partial charge in [-0.1, -0.05) is 54.5 Å². The van der Waals surface area contributed by atoms with Gasteiger partial charge in [-0.25, -0.2) is 4.79 Å². The summed E-state index contributed by atoms with van der Waals surface area (Å²) in [4.78, 5) is 11.5. The predicted molar refractivity (Wildman–Crippen MR) is 132 cm³/mol. The molecule has 0 unspecified atom stereocenters. The van der Waals surface area contributed by atoms with Crippen LogP contribution in [0.3, 0.4) is 0 Å². The van der Waals surface area contributed by atoms with Gasteiger partial charge in [0.05, 0.1) is 19.3 Å². The minimum Gasteiger partial charge on any atom is -0.438 e. The molecule has 0 aromatic rings. The molecule has 0 amide bonds. The average Bonchev–Trinajstić information content (AvgIpc) is 3.12. The lowest BCUT2D eigenvalue weighted by atomic mass is 9.62. The van der Waals surface area contributed by atoms with Crippen LogP contribution in [0, 0.1) is 17.3 Å². The van der Waals surface area contributed by atoms with Crippen molar-refractivity contribution in [2.45, 2.75) is 96.1 Å². The number of aliphatic hydroxyl groups excluding tert-OH is 3. The minimum absolute atomic E-state index is 0.110. The fraction of sp³-hybridized carbons (Fsp3) is 0.679. The molecule has 0 saturated heterocycles. The van der Waals surface area contributed by atoms with Gasteiger partial charge in [0.1, 0.15) is 11.7 Å². The van der Waals surface area contributed by atoms with E-state index in [1.807, 2.05) is 6.08 Å². The number of hydrogen-bond acceptors (Lipinski definition) is 6. The zero-order valence-corrected chi connectivity index (χ0v) is 21.1. The Balaban J connectivity index is 1.70. The van der Waals surface area contributed by atoms with E-state index in [0.29, 0.717) is 31.1 Å². The average molecular weight is 475 g/mol. The van der Waals surface area contributed by atoms with Crippen LogP contribution >= 0.6 is 0 Å². The first kappa shape index (κ1) is 26.7. The van der Waals surface area contributed by atoms with Crippen molar-refractivity contribution in [3.63, 3.8) is 0 Å². The van der Waals surface area contributed by atoms with Crippen LogP contribution in [0.5, 0.6) is 0 Å². The number of carbonyl (C=O) groups is 1. The Labute approximate surface area is 204 Å². The van der Waals surface area contributed by atoms with Crippen molar-refractivity contribution in [1.29, 1.82) is 0 Å². The number of aliphatic hydroxyl groups is 3. The Bertz CT molecular complexity index is 841. The molecule has 0 aliphatic heterocycles. The highest BCUT2D eigenvalue weighted by Gasteiger charge is 2.49. The van der Waals surface area contributed by atoms with Gasteiger partial charge in [0.2, 0.25) is 0 Å². The lowest BCUT2D eigenvalue weighted by Gasteiger charge is -2.42. The summed E-state index contributed by atoms with van der Waals surface area (Å²) in [5.74, 6) is 0.802. The van der Waals surface area contributed by atoms with Crippen molar-refractivity contribution in [1.82, 2.24) is 0 Å². The van der Waals surface area contributed by atoms with Crippen molar-refractivity contribution in [3.8, 4) is 0 Å². The zero-order chi connectivity index (χ0) is 25.1. The predicted octanol–water partition coefficient (Wildman–Crippen LogP) is 5.00. The fourth-order valence-electron chi connectivity index (χ4n) is 6.26. The molecule has 3 fully saturated rings. The Morgan fingerprint density at radius 1 is 1.21 bits per heavy atom. The summed E-state index contributed by atoms with van der Waals surface area (Å²) in [5.41, 5.74) is 2.58. The SMILES string of the molecule is C=C(/C=C/[C@@H](O)C(C)(C)OC(=O)OC)[C@H]1CC[C@H]2/C(=C/C=C3C[C@@H](O)C[C@H](O)C3)CCC[C@]12C. The summed E-state index contributed by atoms with van der Waals surface area (Å²) in [6, 6.07) is 0. The van der Waals surface area contributed by atoms with Gasteiger partial charge in [0.15, 0.2) is 0 Å². The van der Waals surface area contributed by atoms with E-state index in [9.17, 15) is 20.1 Å². The molecule has 0 aromatic heterocycles. The van der Waals surface area contributed by atoms with Gasteiger partial charge in [-0.15, -0.1) is 0 Å². The Kier molecular flexibility index (Phi) is 8.48. The van der Waals surface area contributed by atoms with Gasteiger partial charge in [-0.3, -0.25) is 0 Å². The summed E-state index contributed by atoms with van der Waals surface area (Å²) >= 11 is 0. The van der Waals surface area contributed by atoms with E-state index in [1.165, 1.54) is 12.7 Å². The molecular formula is C28H42O6. The molecule has 0 heterocycles. The van der Waals surface area contributed by atoms with Gasteiger partial charge in [-0.2, -0.15) is 0 Å². The van der Waals surface area contributed by atoms with Gasteiger partial charge in [0, 0.05) is 0 Å². The van der Waals surface area contributed by atoms with Crippen molar-refractivity contribution in [2.75, 3.05) is 7.11 Å². The third kappa shape index (κ3) is 6.02. The van der Waals surface area contributed by atoms with Gasteiger partial charge < -0.3 is 24.8 Å². The van der Waals surface area contributed by atoms with Crippen LogP contribution < -0.4 is 0 Å². The molecule has 3 saturated carbocycles. The van der Waals surface area contributed by atoms with E-state index in [-0.39, 0.29) is 5.41 Å². The van der Waals surface area contributed by atoms with Gasteiger partial charge >= 0.3 is 6.16 Å². The van der Waals surface area contributed by atoms with Crippen LogP contribution in [0.25, 0.3) is 0 Å². The molecule has 3 aliphatic rings. The van der Waals surface area contributed by atoms with Crippen LogP contribution in [0.4, 0.5) is 4.79 Å². The molecule has 34 heavy (non-hydrogen) atoms. The summed E-state index contributed by atoms with van der Waals surface area (Å²) < 4.78 is 9.73. The highest BCUT2D eigenvalue weighted by atomic mass is 16.7. The second-order valence-corrected chi connectivity index (χ2v) is 11.1. The summed E-state index contributed by atoms with van der Waals surface area (Å²) in [7, 11) is 1.24. The number of rotatable bonds is 6. The molecule has 6 atom stereocenters. The lowest BCUT2D eigenvalue weighted by Crippen LogP contribution is -2.39. The molecule has 0 bridgehead atoms. The first-order valence-electron chi connectivity index (χ1n) is 12.5. The number of hydrogen-bond donors (Lipinski definition) is 3. The van der Waals surface area contributed by atoms with Gasteiger partial charge in [-0.05, 0) is 82.5 Å². The first-order valence-corrected chi connectivity index (χ1v) is 12.5. The van der Waals surface area contributed by atoms with E-state index >= 15 is 0 Å². The van der Waals surface area contributed by atoms with Crippen LogP contribution in [0.1, 0.15) is 72.1 Å². The summed E-state index contributed by atoms with van der Waals surface area (Å²) in [6.45, 7) is 10.0. The number of allylic oxidation sites excluding steroid dienone is 5. The molecule has 6 nitrogen and oxygen atoms in total. The molecule has 190 valence electrons. The summed E-state index contributed by atoms with van der Waals surface area (Å²) in [5, 5.41) is 30.5. The monoisotopic (exact) mass is 474 g/mol. The second kappa shape index (κ2) is 10.8. The molecule has 3 aliphatic carbocycles. The number of methoxy groups -OCH3 is 1. The Morgan fingerprint density at radius 3 is 2.53 bits per heavy atom. The normalized spacial score (nSPS) is 34.1. The largest absolute Gasteiger partial charge is 0.508 e. The van der Waals surface area contributed by atoms with Crippen molar-refractivity contribution in [2.24, 2.45) is 17.3 Å². The highest BCUT2D eigenvalue weighted by molar-refractivity contribution is 5.60.